The van der Waals surface area contributed by atoms with Gasteiger partial charge < -0.3 is 18.9 Å². The molecule has 0 unspecified atom stereocenters. The molecule has 0 saturated carbocycles. The minimum absolute atomic E-state index is 0.0398. The summed E-state index contributed by atoms with van der Waals surface area (Å²) in [6, 6.07) is 60.4. The molecular formula is C52H28B2O4. The SMILES string of the molecule is c1ccc2c(c1)Oc1cc(-c3ccc4ccc5c(-c6cc7c8c(c6)Oc6ccccc6B8c6ccccc6O7)ccc6ccc3c4c65)cc3c1B2c1ccccc1O3. The van der Waals surface area contributed by atoms with Crippen molar-refractivity contribution in [3.8, 4) is 68.2 Å². The molecule has 0 radical (unpaired) electrons. The number of rotatable bonds is 2. The topological polar surface area (TPSA) is 36.9 Å². The van der Waals surface area contributed by atoms with Crippen LogP contribution in [0.4, 0.5) is 0 Å². The highest BCUT2D eigenvalue weighted by molar-refractivity contribution is 6.99. The molecule has 0 N–H and O–H groups in total. The van der Waals surface area contributed by atoms with E-state index in [9.17, 15) is 0 Å². The summed E-state index contributed by atoms with van der Waals surface area (Å²) in [5.41, 5.74) is 11.2. The third kappa shape index (κ3) is 4.06. The van der Waals surface area contributed by atoms with E-state index < -0.39 is 0 Å². The van der Waals surface area contributed by atoms with Gasteiger partial charge in [0.25, 0.3) is 13.4 Å². The van der Waals surface area contributed by atoms with Gasteiger partial charge >= 0.3 is 0 Å². The summed E-state index contributed by atoms with van der Waals surface area (Å²) in [7, 11) is 0. The molecule has 0 atom stereocenters. The Morgan fingerprint density at radius 3 is 0.948 bits per heavy atom. The molecule has 0 spiro atoms. The van der Waals surface area contributed by atoms with Crippen LogP contribution in [0.5, 0.6) is 46.0 Å². The lowest BCUT2D eigenvalue weighted by atomic mass is 9.35. The fourth-order valence-corrected chi connectivity index (χ4v) is 10.4. The van der Waals surface area contributed by atoms with Crippen molar-refractivity contribution >= 4 is 78.5 Å². The molecule has 14 rings (SSSR count). The Labute approximate surface area is 334 Å². The highest BCUT2D eigenvalue weighted by Crippen LogP contribution is 2.46. The zero-order chi connectivity index (χ0) is 37.6. The van der Waals surface area contributed by atoms with E-state index in [1.165, 1.54) is 32.3 Å². The molecular weight excluding hydrogens is 710 g/mol. The maximum absolute atomic E-state index is 6.70. The van der Waals surface area contributed by atoms with Gasteiger partial charge in [-0.15, -0.1) is 0 Å². The van der Waals surface area contributed by atoms with Crippen LogP contribution in [-0.4, -0.2) is 13.4 Å². The van der Waals surface area contributed by atoms with Gasteiger partial charge in [0.2, 0.25) is 0 Å². The van der Waals surface area contributed by atoms with Crippen LogP contribution >= 0.6 is 0 Å². The van der Waals surface area contributed by atoms with Gasteiger partial charge in [0.05, 0.1) is 0 Å². The third-order valence-electron chi connectivity index (χ3n) is 12.9. The zero-order valence-electron chi connectivity index (χ0n) is 31.0. The Morgan fingerprint density at radius 1 is 0.293 bits per heavy atom. The highest BCUT2D eigenvalue weighted by Gasteiger charge is 2.42. The van der Waals surface area contributed by atoms with Crippen LogP contribution in [0.15, 0.2) is 170 Å². The number of hydrogen-bond acceptors (Lipinski definition) is 4. The van der Waals surface area contributed by atoms with E-state index in [2.05, 4.69) is 146 Å². The lowest BCUT2D eigenvalue weighted by Gasteiger charge is -2.33. The summed E-state index contributed by atoms with van der Waals surface area (Å²) < 4.78 is 26.8. The fourth-order valence-electron chi connectivity index (χ4n) is 10.4. The van der Waals surface area contributed by atoms with Crippen LogP contribution in [0.2, 0.25) is 0 Å². The van der Waals surface area contributed by atoms with E-state index in [0.29, 0.717) is 0 Å². The van der Waals surface area contributed by atoms with Gasteiger partial charge in [0, 0.05) is 10.9 Å². The number of benzene rings is 10. The molecule has 4 nitrogen and oxygen atoms in total. The van der Waals surface area contributed by atoms with E-state index in [4.69, 9.17) is 18.9 Å². The van der Waals surface area contributed by atoms with Crippen molar-refractivity contribution in [2.75, 3.05) is 0 Å². The van der Waals surface area contributed by atoms with Crippen LogP contribution in [0.1, 0.15) is 0 Å². The van der Waals surface area contributed by atoms with Crippen LogP contribution in [0.3, 0.4) is 0 Å². The first-order valence-corrected chi connectivity index (χ1v) is 19.9. The smallest absolute Gasteiger partial charge is 0.260 e. The summed E-state index contributed by atoms with van der Waals surface area (Å²) in [6.07, 6.45) is 0. The normalized spacial score (nSPS) is 13.7. The largest absolute Gasteiger partial charge is 0.458 e. The summed E-state index contributed by atoms with van der Waals surface area (Å²) in [5, 5.41) is 7.26. The molecule has 10 aromatic carbocycles. The molecule has 0 bridgehead atoms. The Kier molecular flexibility index (Phi) is 5.89. The number of hydrogen-bond donors (Lipinski definition) is 0. The minimum atomic E-state index is 0.0398. The Bertz CT molecular complexity index is 3080. The fraction of sp³-hybridized carbons (Fsp3) is 0. The van der Waals surface area contributed by atoms with Crippen LogP contribution in [0, 0.1) is 0 Å². The first kappa shape index (κ1) is 30.7. The van der Waals surface area contributed by atoms with Gasteiger partial charge in [-0.1, -0.05) is 121 Å². The van der Waals surface area contributed by atoms with Crippen molar-refractivity contribution < 1.29 is 18.9 Å². The van der Waals surface area contributed by atoms with Gasteiger partial charge in [0.1, 0.15) is 46.0 Å². The van der Waals surface area contributed by atoms with Gasteiger partial charge in [0.15, 0.2) is 0 Å². The second-order valence-electron chi connectivity index (χ2n) is 15.8. The second kappa shape index (κ2) is 11.1. The Balaban J connectivity index is 0.954. The summed E-state index contributed by atoms with van der Waals surface area (Å²) in [4.78, 5) is 0. The lowest BCUT2D eigenvalue weighted by molar-refractivity contribution is 0.464. The quantitative estimate of drug-likeness (QED) is 0.131. The number of para-hydroxylation sites is 4. The highest BCUT2D eigenvalue weighted by atomic mass is 16.5. The van der Waals surface area contributed by atoms with E-state index in [-0.39, 0.29) is 13.4 Å². The molecule has 0 saturated heterocycles. The predicted octanol–water partition coefficient (Wildman–Crippen LogP) is 9.37. The van der Waals surface area contributed by atoms with Crippen LogP contribution < -0.4 is 51.7 Å². The average molecular weight is 738 g/mol. The average Bonchev–Trinajstić information content (AvgIpc) is 3.27. The van der Waals surface area contributed by atoms with E-state index >= 15 is 0 Å². The molecule has 58 heavy (non-hydrogen) atoms. The molecule has 10 aromatic rings. The lowest BCUT2D eigenvalue weighted by Crippen LogP contribution is -2.57. The van der Waals surface area contributed by atoms with Crippen molar-refractivity contribution in [1.82, 2.24) is 0 Å². The van der Waals surface area contributed by atoms with Crippen molar-refractivity contribution in [2.45, 2.75) is 0 Å². The predicted molar refractivity (Wildman–Crippen MR) is 236 cm³/mol. The monoisotopic (exact) mass is 738 g/mol. The molecule has 6 heteroatoms. The Morgan fingerprint density at radius 2 is 0.603 bits per heavy atom. The van der Waals surface area contributed by atoms with E-state index in [0.717, 1.165) is 101 Å². The third-order valence-corrected chi connectivity index (χ3v) is 12.9. The summed E-state index contributed by atoms with van der Waals surface area (Å²) >= 11 is 0. The molecule has 0 aromatic heterocycles. The molecule has 4 aliphatic rings. The molecule has 0 amide bonds. The van der Waals surface area contributed by atoms with Gasteiger partial charge in [-0.3, -0.25) is 0 Å². The standard InChI is InChI=1S/C52H28B2O4/c1-5-13-41-37(9-1)53-38-10-2-6-14-42(38)56-46-26-31(25-45(55-41)51(46)53)33-21-17-29-20-24-36-34(22-18-30-19-23-35(33)49(29)50(30)36)32-27-47-52-48(28-32)58-44-16-8-4-12-40(44)54(52)39-11-3-7-15-43(39)57-47/h1-28H. The van der Waals surface area contributed by atoms with Crippen molar-refractivity contribution in [3.63, 3.8) is 0 Å². The molecule has 4 aliphatic heterocycles. The van der Waals surface area contributed by atoms with Gasteiger partial charge in [-0.2, -0.15) is 0 Å². The van der Waals surface area contributed by atoms with E-state index in [1.54, 1.807) is 0 Å². The molecule has 4 heterocycles. The molecule has 266 valence electrons. The number of fused-ring (bicyclic) bond motifs is 8. The van der Waals surface area contributed by atoms with Crippen molar-refractivity contribution in [2.24, 2.45) is 0 Å². The van der Waals surface area contributed by atoms with Crippen LogP contribution in [0.25, 0.3) is 54.6 Å². The molecule has 0 aliphatic carbocycles. The number of ether oxygens (including phenoxy) is 4. The van der Waals surface area contributed by atoms with E-state index in [1.807, 2.05) is 24.3 Å². The minimum Gasteiger partial charge on any atom is -0.458 e. The van der Waals surface area contributed by atoms with Crippen LogP contribution in [-0.2, 0) is 0 Å². The maximum atomic E-state index is 6.70. The summed E-state index contributed by atoms with van der Waals surface area (Å²) in [6.45, 7) is 0.0797. The zero-order valence-corrected chi connectivity index (χ0v) is 31.0. The van der Waals surface area contributed by atoms with Gasteiger partial charge in [-0.25, -0.2) is 0 Å². The summed E-state index contributed by atoms with van der Waals surface area (Å²) in [5.74, 6) is 6.91. The molecule has 0 fully saturated rings. The Hall–Kier alpha value is -7.43. The maximum Gasteiger partial charge on any atom is 0.260 e. The second-order valence-corrected chi connectivity index (χ2v) is 15.8. The first-order chi connectivity index (χ1) is 28.7. The first-order valence-electron chi connectivity index (χ1n) is 19.9. The van der Waals surface area contributed by atoms with Crippen molar-refractivity contribution in [3.05, 3.63) is 170 Å². The van der Waals surface area contributed by atoms with Crippen molar-refractivity contribution in [1.29, 1.82) is 0 Å². The van der Waals surface area contributed by atoms with Gasteiger partial charge in [-0.05, 0) is 125 Å².